The van der Waals surface area contributed by atoms with Gasteiger partial charge in [-0.2, -0.15) is 5.10 Å². The van der Waals surface area contributed by atoms with Gasteiger partial charge in [0.2, 0.25) is 0 Å². The van der Waals surface area contributed by atoms with Crippen LogP contribution < -0.4 is 10.6 Å². The Morgan fingerprint density at radius 1 is 1.47 bits per heavy atom. The number of hydrogen-bond donors (Lipinski definition) is 2. The third-order valence-electron chi connectivity index (χ3n) is 3.70. The van der Waals surface area contributed by atoms with Gasteiger partial charge in [0, 0.05) is 13.6 Å². The van der Waals surface area contributed by atoms with Gasteiger partial charge in [-0.15, -0.1) is 5.10 Å². The second-order valence-electron chi connectivity index (χ2n) is 5.14. The Hall–Kier alpha value is -1.85. The largest absolute Gasteiger partial charge is 0.409 e. The molecule has 19 heavy (non-hydrogen) atoms. The molecule has 0 aromatic carbocycles. The lowest BCUT2D eigenvalue weighted by molar-refractivity contribution is 0.318. The van der Waals surface area contributed by atoms with Crippen molar-refractivity contribution in [1.82, 2.24) is 10.2 Å². The molecule has 1 aromatic rings. The van der Waals surface area contributed by atoms with Crippen molar-refractivity contribution in [3.63, 3.8) is 0 Å². The Morgan fingerprint density at radius 2 is 2.21 bits per heavy atom. The summed E-state index contributed by atoms with van der Waals surface area (Å²) in [6.45, 7) is 0.935. The van der Waals surface area contributed by atoms with Crippen molar-refractivity contribution in [2.45, 2.75) is 32.1 Å². The monoisotopic (exact) mass is 263 g/mol. The highest BCUT2D eigenvalue weighted by atomic mass is 16.4. The van der Waals surface area contributed by atoms with Crippen molar-refractivity contribution in [1.29, 1.82) is 0 Å². The number of nitrogens with two attached hydrogens (primary N) is 1. The van der Waals surface area contributed by atoms with Crippen molar-refractivity contribution in [2.75, 3.05) is 18.5 Å². The molecular weight excluding hydrogens is 242 g/mol. The van der Waals surface area contributed by atoms with E-state index in [1.807, 2.05) is 7.05 Å². The van der Waals surface area contributed by atoms with E-state index in [0.29, 0.717) is 17.3 Å². The lowest BCUT2D eigenvalue weighted by Crippen LogP contribution is -2.30. The smallest absolute Gasteiger partial charge is 0.173 e. The summed E-state index contributed by atoms with van der Waals surface area (Å²) in [6.07, 6.45) is 8.05. The van der Waals surface area contributed by atoms with Gasteiger partial charge >= 0.3 is 0 Å². The first kappa shape index (κ1) is 13.6. The first-order valence-electron chi connectivity index (χ1n) is 6.73. The van der Waals surface area contributed by atoms with E-state index in [1.165, 1.54) is 32.1 Å². The zero-order valence-electron chi connectivity index (χ0n) is 11.3. The van der Waals surface area contributed by atoms with Crippen LogP contribution in [0.15, 0.2) is 17.4 Å². The number of nitrogens with zero attached hydrogens (tertiary/aromatic N) is 4. The van der Waals surface area contributed by atoms with Gasteiger partial charge in [-0.1, -0.05) is 24.4 Å². The van der Waals surface area contributed by atoms with Crippen molar-refractivity contribution in [2.24, 2.45) is 16.8 Å². The van der Waals surface area contributed by atoms with E-state index >= 15 is 0 Å². The molecule has 104 valence electrons. The second-order valence-corrected chi connectivity index (χ2v) is 5.14. The number of anilines is 1. The van der Waals surface area contributed by atoms with Crippen molar-refractivity contribution in [3.8, 4) is 0 Å². The van der Waals surface area contributed by atoms with Crippen LogP contribution >= 0.6 is 0 Å². The van der Waals surface area contributed by atoms with Gasteiger partial charge in [-0.05, 0) is 24.8 Å². The zero-order valence-corrected chi connectivity index (χ0v) is 11.3. The van der Waals surface area contributed by atoms with Crippen LogP contribution in [0.25, 0.3) is 0 Å². The van der Waals surface area contributed by atoms with E-state index in [-0.39, 0.29) is 5.84 Å². The molecule has 0 spiro atoms. The highest BCUT2D eigenvalue weighted by Crippen LogP contribution is 2.26. The molecule has 0 radical (unpaired) electrons. The molecule has 1 aliphatic carbocycles. The fourth-order valence-electron chi connectivity index (χ4n) is 2.70. The van der Waals surface area contributed by atoms with Crippen LogP contribution in [0.2, 0.25) is 0 Å². The van der Waals surface area contributed by atoms with Crippen LogP contribution in [-0.4, -0.2) is 34.8 Å². The van der Waals surface area contributed by atoms with Crippen molar-refractivity contribution >= 4 is 11.7 Å². The van der Waals surface area contributed by atoms with Gasteiger partial charge in [-0.25, -0.2) is 0 Å². The summed E-state index contributed by atoms with van der Waals surface area (Å²) in [5, 5.41) is 19.9. The molecule has 2 rings (SSSR count). The second kappa shape index (κ2) is 6.36. The normalized spacial score (nSPS) is 17.4. The summed E-state index contributed by atoms with van der Waals surface area (Å²) >= 11 is 0. The summed E-state index contributed by atoms with van der Waals surface area (Å²) in [5.74, 6) is 1.43. The van der Waals surface area contributed by atoms with Crippen molar-refractivity contribution < 1.29 is 5.21 Å². The average Bonchev–Trinajstić information content (AvgIpc) is 2.47. The van der Waals surface area contributed by atoms with Gasteiger partial charge < -0.3 is 15.8 Å². The molecule has 3 N–H and O–H groups in total. The third-order valence-corrected chi connectivity index (χ3v) is 3.70. The molecule has 0 saturated heterocycles. The Morgan fingerprint density at radius 3 is 2.89 bits per heavy atom. The van der Waals surface area contributed by atoms with Gasteiger partial charge in [0.15, 0.2) is 11.7 Å². The molecular formula is C13H21N5O. The summed E-state index contributed by atoms with van der Waals surface area (Å²) in [5.41, 5.74) is 6.29. The minimum absolute atomic E-state index is 0.0698. The number of hydrogen-bond acceptors (Lipinski definition) is 5. The summed E-state index contributed by atoms with van der Waals surface area (Å²) in [4.78, 5) is 2.05. The Balaban J connectivity index is 2.11. The van der Waals surface area contributed by atoms with Crippen LogP contribution in [0.5, 0.6) is 0 Å². The van der Waals surface area contributed by atoms with Crippen molar-refractivity contribution in [3.05, 3.63) is 17.8 Å². The van der Waals surface area contributed by atoms with Crippen LogP contribution in [0.3, 0.4) is 0 Å². The topological polar surface area (TPSA) is 87.6 Å². The lowest BCUT2D eigenvalue weighted by atomic mass is 9.89. The quantitative estimate of drug-likeness (QED) is 0.373. The van der Waals surface area contributed by atoms with Gasteiger partial charge in [0.25, 0.3) is 0 Å². The summed E-state index contributed by atoms with van der Waals surface area (Å²) in [6, 6.07) is 1.72. The fourth-order valence-corrected chi connectivity index (χ4v) is 2.70. The fraction of sp³-hybridized carbons (Fsp3) is 0.615. The molecule has 0 aliphatic heterocycles. The molecule has 1 heterocycles. The number of aromatic nitrogens is 2. The molecule has 0 unspecified atom stereocenters. The minimum atomic E-state index is 0.0698. The van der Waals surface area contributed by atoms with Gasteiger partial charge in [0.05, 0.1) is 11.8 Å². The van der Waals surface area contributed by atoms with Crippen LogP contribution in [0.1, 0.15) is 37.7 Å². The molecule has 0 atom stereocenters. The summed E-state index contributed by atoms with van der Waals surface area (Å²) < 4.78 is 0. The molecule has 1 saturated carbocycles. The number of oxime groups is 1. The highest BCUT2D eigenvalue weighted by Gasteiger charge is 2.19. The maximum atomic E-state index is 8.81. The SMILES string of the molecule is CN(CC1CCCCC1)c1nnccc1/C(N)=N/O. The van der Waals surface area contributed by atoms with Crippen LogP contribution in [0.4, 0.5) is 5.82 Å². The van der Waals surface area contributed by atoms with E-state index < -0.39 is 0 Å². The van der Waals surface area contributed by atoms with E-state index in [1.54, 1.807) is 12.3 Å². The maximum absolute atomic E-state index is 8.81. The predicted octanol–water partition coefficient (Wildman–Crippen LogP) is 1.59. The van der Waals surface area contributed by atoms with Crippen LogP contribution in [-0.2, 0) is 0 Å². The van der Waals surface area contributed by atoms with Gasteiger partial charge in [0.1, 0.15) is 0 Å². The minimum Gasteiger partial charge on any atom is -0.409 e. The number of rotatable bonds is 4. The average molecular weight is 263 g/mol. The number of amidine groups is 1. The van der Waals surface area contributed by atoms with E-state index in [0.717, 1.165) is 6.54 Å². The Labute approximate surface area is 113 Å². The molecule has 1 aromatic heterocycles. The molecule has 6 nitrogen and oxygen atoms in total. The van der Waals surface area contributed by atoms with E-state index in [2.05, 4.69) is 20.3 Å². The molecule has 6 heteroatoms. The molecule has 1 fully saturated rings. The predicted molar refractivity (Wildman–Crippen MR) is 74.4 cm³/mol. The molecule has 0 bridgehead atoms. The first-order valence-corrected chi connectivity index (χ1v) is 6.73. The maximum Gasteiger partial charge on any atom is 0.173 e. The van der Waals surface area contributed by atoms with Crippen LogP contribution in [0, 0.1) is 5.92 Å². The third kappa shape index (κ3) is 3.33. The van der Waals surface area contributed by atoms with E-state index in [9.17, 15) is 0 Å². The standard InChI is InChI=1S/C13H21N5O/c1-18(9-10-5-3-2-4-6-10)13-11(12(14)17-19)7-8-15-16-13/h7-8,10,19H,2-6,9H2,1H3,(H2,14,17). The highest BCUT2D eigenvalue weighted by molar-refractivity contribution is 6.01. The molecule has 1 aliphatic rings. The zero-order chi connectivity index (χ0) is 13.7. The van der Waals surface area contributed by atoms with Gasteiger partial charge in [-0.3, -0.25) is 0 Å². The van der Waals surface area contributed by atoms with E-state index in [4.69, 9.17) is 10.9 Å². The lowest BCUT2D eigenvalue weighted by Gasteiger charge is -2.28. The Kier molecular flexibility index (Phi) is 4.54. The molecule has 0 amide bonds. The first-order chi connectivity index (χ1) is 9.22. The Bertz CT molecular complexity index is 442. The summed E-state index contributed by atoms with van der Waals surface area (Å²) in [7, 11) is 1.98.